The highest BCUT2D eigenvalue weighted by Crippen LogP contribution is 2.16. The number of piperidine rings is 1. The van der Waals surface area contributed by atoms with Crippen LogP contribution in [0, 0.1) is 0 Å². The summed E-state index contributed by atoms with van der Waals surface area (Å²) in [6.45, 7) is 7.55. The van der Waals surface area contributed by atoms with Gasteiger partial charge in [0.2, 0.25) is 5.91 Å². The quantitative estimate of drug-likeness (QED) is 0.764. The third kappa shape index (κ3) is 3.83. The summed E-state index contributed by atoms with van der Waals surface area (Å²) in [7, 11) is 0. The van der Waals surface area contributed by atoms with Crippen LogP contribution in [0.5, 0.6) is 0 Å². The molecule has 2 N–H and O–H groups in total. The maximum Gasteiger partial charge on any atom is 0.410 e. The van der Waals surface area contributed by atoms with Crippen molar-refractivity contribution in [1.82, 2.24) is 15.5 Å². The van der Waals surface area contributed by atoms with E-state index >= 15 is 0 Å². The van der Waals surface area contributed by atoms with E-state index in [9.17, 15) is 9.59 Å². The van der Waals surface area contributed by atoms with Crippen molar-refractivity contribution in [3.63, 3.8) is 0 Å². The number of amides is 2. The Hall–Kier alpha value is -1.30. The molecule has 2 saturated heterocycles. The first-order chi connectivity index (χ1) is 8.85. The predicted octanol–water partition coefficient (Wildman–Crippen LogP) is 0.474. The maximum absolute atomic E-state index is 11.7. The topological polar surface area (TPSA) is 70.7 Å². The molecule has 1 unspecified atom stereocenters. The molecule has 0 bridgehead atoms. The van der Waals surface area contributed by atoms with Crippen molar-refractivity contribution in [3.05, 3.63) is 0 Å². The first-order valence-corrected chi connectivity index (χ1v) is 6.87. The van der Waals surface area contributed by atoms with E-state index in [0.29, 0.717) is 13.1 Å². The summed E-state index contributed by atoms with van der Waals surface area (Å²) < 4.78 is 5.28. The SMILES string of the molecule is CC(C)(C)OC(=O)N1CC(NC2CCCNC2=O)C1. The van der Waals surface area contributed by atoms with Crippen molar-refractivity contribution in [2.75, 3.05) is 19.6 Å². The molecule has 0 aromatic heterocycles. The Labute approximate surface area is 113 Å². The van der Waals surface area contributed by atoms with Gasteiger partial charge in [0.1, 0.15) is 5.60 Å². The number of carbonyl (C=O) groups excluding carboxylic acids is 2. The third-order valence-corrected chi connectivity index (χ3v) is 3.26. The summed E-state index contributed by atoms with van der Waals surface area (Å²) in [6, 6.07) is 0.0842. The summed E-state index contributed by atoms with van der Waals surface area (Å²) in [5, 5.41) is 6.14. The van der Waals surface area contributed by atoms with Crippen molar-refractivity contribution in [2.45, 2.75) is 51.3 Å². The molecule has 0 aliphatic carbocycles. The molecule has 108 valence electrons. The van der Waals surface area contributed by atoms with Gasteiger partial charge in [0.05, 0.1) is 6.04 Å². The number of nitrogens with one attached hydrogen (secondary N) is 2. The molecule has 6 heteroatoms. The Balaban J connectivity index is 1.71. The molecule has 0 aromatic rings. The van der Waals surface area contributed by atoms with Crippen molar-refractivity contribution < 1.29 is 14.3 Å². The lowest BCUT2D eigenvalue weighted by molar-refractivity contribution is -0.125. The summed E-state index contributed by atoms with van der Waals surface area (Å²) >= 11 is 0. The van der Waals surface area contributed by atoms with Crippen LogP contribution in [0.3, 0.4) is 0 Å². The average molecular weight is 269 g/mol. The molecular weight excluding hydrogens is 246 g/mol. The van der Waals surface area contributed by atoms with E-state index in [2.05, 4.69) is 10.6 Å². The summed E-state index contributed by atoms with van der Waals surface area (Å²) in [5.74, 6) is 0.0713. The highest BCUT2D eigenvalue weighted by Gasteiger charge is 2.36. The zero-order chi connectivity index (χ0) is 14.0. The summed E-state index contributed by atoms with van der Waals surface area (Å²) in [6.07, 6.45) is 1.60. The molecule has 0 saturated carbocycles. The van der Waals surface area contributed by atoms with E-state index in [1.807, 2.05) is 20.8 Å². The number of rotatable bonds is 2. The second-order valence-corrected chi connectivity index (χ2v) is 6.23. The van der Waals surface area contributed by atoms with Crippen LogP contribution >= 0.6 is 0 Å². The Morgan fingerprint density at radius 3 is 2.68 bits per heavy atom. The second-order valence-electron chi connectivity index (χ2n) is 6.23. The van der Waals surface area contributed by atoms with Gasteiger partial charge >= 0.3 is 6.09 Å². The standard InChI is InChI=1S/C13H23N3O3/c1-13(2,3)19-12(18)16-7-9(8-16)15-10-5-4-6-14-11(10)17/h9-10,15H,4-8H2,1-3H3,(H,14,17). The lowest BCUT2D eigenvalue weighted by Gasteiger charge is -2.42. The molecule has 0 aromatic carbocycles. The van der Waals surface area contributed by atoms with Gasteiger partial charge in [-0.05, 0) is 33.6 Å². The van der Waals surface area contributed by atoms with Gasteiger partial charge in [-0.3, -0.25) is 10.1 Å². The zero-order valence-electron chi connectivity index (χ0n) is 11.9. The largest absolute Gasteiger partial charge is 0.444 e. The maximum atomic E-state index is 11.7. The molecule has 19 heavy (non-hydrogen) atoms. The van der Waals surface area contributed by atoms with Crippen molar-refractivity contribution >= 4 is 12.0 Å². The fourth-order valence-corrected chi connectivity index (χ4v) is 2.28. The van der Waals surface area contributed by atoms with Crippen LogP contribution in [0.25, 0.3) is 0 Å². The van der Waals surface area contributed by atoms with E-state index in [1.165, 1.54) is 0 Å². The summed E-state index contributed by atoms with van der Waals surface area (Å²) in [4.78, 5) is 25.0. The van der Waals surface area contributed by atoms with Gasteiger partial charge < -0.3 is 15.0 Å². The molecule has 2 heterocycles. The number of hydrogen-bond donors (Lipinski definition) is 2. The molecule has 1 atom stereocenters. The van der Waals surface area contributed by atoms with E-state index in [-0.39, 0.29) is 24.1 Å². The molecule has 2 aliphatic rings. The smallest absolute Gasteiger partial charge is 0.410 e. The van der Waals surface area contributed by atoms with Crippen LogP contribution in [0.1, 0.15) is 33.6 Å². The molecular formula is C13H23N3O3. The minimum Gasteiger partial charge on any atom is -0.444 e. The highest BCUT2D eigenvalue weighted by molar-refractivity contribution is 5.82. The number of hydrogen-bond acceptors (Lipinski definition) is 4. The Bertz CT molecular complexity index is 359. The fraction of sp³-hybridized carbons (Fsp3) is 0.846. The first kappa shape index (κ1) is 14.1. The van der Waals surface area contributed by atoms with E-state index in [4.69, 9.17) is 4.74 Å². The number of ether oxygens (including phenoxy) is 1. The fourth-order valence-electron chi connectivity index (χ4n) is 2.28. The minimum absolute atomic E-state index is 0.0713. The average Bonchev–Trinajstić information content (AvgIpc) is 2.22. The summed E-state index contributed by atoms with van der Waals surface area (Å²) in [5.41, 5.74) is -0.459. The molecule has 0 radical (unpaired) electrons. The number of likely N-dealkylation sites (tertiary alicyclic amines) is 1. The molecule has 2 aliphatic heterocycles. The van der Waals surface area contributed by atoms with Crippen molar-refractivity contribution in [1.29, 1.82) is 0 Å². The first-order valence-electron chi connectivity index (χ1n) is 6.87. The van der Waals surface area contributed by atoms with E-state index in [1.54, 1.807) is 4.90 Å². The third-order valence-electron chi connectivity index (χ3n) is 3.26. The minimum atomic E-state index is -0.459. The van der Waals surface area contributed by atoms with Gasteiger partial charge in [0.25, 0.3) is 0 Å². The molecule has 2 rings (SSSR count). The van der Waals surface area contributed by atoms with Gasteiger partial charge in [0.15, 0.2) is 0 Å². The second kappa shape index (κ2) is 5.36. The molecule has 2 fully saturated rings. The Morgan fingerprint density at radius 1 is 1.42 bits per heavy atom. The van der Waals surface area contributed by atoms with Gasteiger partial charge in [-0.2, -0.15) is 0 Å². The monoisotopic (exact) mass is 269 g/mol. The number of nitrogens with zero attached hydrogens (tertiary/aromatic N) is 1. The lowest BCUT2D eigenvalue weighted by Crippen LogP contribution is -2.64. The van der Waals surface area contributed by atoms with E-state index in [0.717, 1.165) is 19.4 Å². The van der Waals surface area contributed by atoms with Gasteiger partial charge in [-0.15, -0.1) is 0 Å². The van der Waals surface area contributed by atoms with Gasteiger partial charge in [0, 0.05) is 25.7 Å². The van der Waals surface area contributed by atoms with Crippen LogP contribution in [0.4, 0.5) is 4.79 Å². The number of carbonyl (C=O) groups is 2. The Morgan fingerprint density at radius 2 is 2.11 bits per heavy atom. The Kier molecular flexibility index (Phi) is 3.99. The lowest BCUT2D eigenvalue weighted by atomic mass is 10.0. The van der Waals surface area contributed by atoms with Crippen molar-refractivity contribution in [3.8, 4) is 0 Å². The van der Waals surface area contributed by atoms with Gasteiger partial charge in [-0.1, -0.05) is 0 Å². The van der Waals surface area contributed by atoms with Crippen LogP contribution in [0.2, 0.25) is 0 Å². The van der Waals surface area contributed by atoms with E-state index < -0.39 is 5.60 Å². The van der Waals surface area contributed by atoms with Crippen molar-refractivity contribution in [2.24, 2.45) is 0 Å². The van der Waals surface area contributed by atoms with Gasteiger partial charge in [-0.25, -0.2) is 4.79 Å². The van der Waals surface area contributed by atoms with Crippen LogP contribution in [-0.4, -0.2) is 54.2 Å². The van der Waals surface area contributed by atoms with Crippen LogP contribution < -0.4 is 10.6 Å². The molecule has 6 nitrogen and oxygen atoms in total. The molecule has 0 spiro atoms. The van der Waals surface area contributed by atoms with Crippen LogP contribution in [-0.2, 0) is 9.53 Å². The predicted molar refractivity (Wildman–Crippen MR) is 70.8 cm³/mol. The zero-order valence-corrected chi connectivity index (χ0v) is 11.9. The molecule has 2 amide bonds. The normalized spacial score (nSPS) is 24.7. The van der Waals surface area contributed by atoms with Crippen LogP contribution in [0.15, 0.2) is 0 Å². The highest BCUT2D eigenvalue weighted by atomic mass is 16.6.